The topological polar surface area (TPSA) is 46.2 Å². The summed E-state index contributed by atoms with van der Waals surface area (Å²) in [4.78, 5) is 11.8. The van der Waals surface area contributed by atoms with Crippen LogP contribution in [0.1, 0.15) is 17.9 Å². The van der Waals surface area contributed by atoms with Crippen molar-refractivity contribution in [2.24, 2.45) is 0 Å². The van der Waals surface area contributed by atoms with Crippen molar-refractivity contribution >= 4 is 28.3 Å². The van der Waals surface area contributed by atoms with Crippen LogP contribution in [0.3, 0.4) is 0 Å². The number of rotatable bonds is 5. The van der Waals surface area contributed by atoms with Gasteiger partial charge in [0.1, 0.15) is 5.38 Å². The van der Waals surface area contributed by atoms with Crippen molar-refractivity contribution < 1.29 is 9.00 Å². The first kappa shape index (κ1) is 14.2. The van der Waals surface area contributed by atoms with Gasteiger partial charge in [-0.25, -0.2) is 0 Å². The minimum absolute atomic E-state index is 0.140. The van der Waals surface area contributed by atoms with Crippen LogP contribution in [0.4, 0.5) is 0 Å². The van der Waals surface area contributed by atoms with Gasteiger partial charge in [-0.15, -0.1) is 11.6 Å². The van der Waals surface area contributed by atoms with Crippen molar-refractivity contribution in [2.45, 2.75) is 18.3 Å². The lowest BCUT2D eigenvalue weighted by atomic mass is 10.1. The Balaban J connectivity index is 2.56. The molecule has 0 fully saturated rings. The molecule has 1 aromatic rings. The summed E-state index contributed by atoms with van der Waals surface area (Å²) in [6, 6.07) is 9.01. The summed E-state index contributed by atoms with van der Waals surface area (Å²) in [6.45, 7) is 1.81. The summed E-state index contributed by atoms with van der Waals surface area (Å²) in [7, 11) is -0.928. The molecule has 1 aromatic carbocycles. The van der Waals surface area contributed by atoms with Gasteiger partial charge in [0.05, 0.1) is 0 Å². The van der Waals surface area contributed by atoms with E-state index in [9.17, 15) is 9.00 Å². The number of amides is 1. The SMILES string of the molecule is CC(CS(C)=O)NC(=O)C(Cl)c1ccccc1. The van der Waals surface area contributed by atoms with E-state index in [0.717, 1.165) is 5.56 Å². The van der Waals surface area contributed by atoms with Crippen LogP contribution < -0.4 is 5.32 Å². The van der Waals surface area contributed by atoms with E-state index >= 15 is 0 Å². The number of benzene rings is 1. The van der Waals surface area contributed by atoms with Crippen LogP contribution in [0.2, 0.25) is 0 Å². The smallest absolute Gasteiger partial charge is 0.242 e. The Morgan fingerprint density at radius 3 is 2.53 bits per heavy atom. The highest BCUT2D eigenvalue weighted by atomic mass is 35.5. The van der Waals surface area contributed by atoms with E-state index < -0.39 is 16.2 Å². The minimum Gasteiger partial charge on any atom is -0.351 e. The third-order valence-electron chi connectivity index (χ3n) is 2.20. The Hall–Kier alpha value is -0.870. The summed E-state index contributed by atoms with van der Waals surface area (Å²) in [6.07, 6.45) is 1.61. The number of carbonyl (C=O) groups excluding carboxylic acids is 1. The third kappa shape index (κ3) is 4.88. The Kier molecular flexibility index (Phi) is 5.65. The number of hydrogen-bond donors (Lipinski definition) is 1. The van der Waals surface area contributed by atoms with Crippen LogP contribution in [-0.2, 0) is 15.6 Å². The zero-order chi connectivity index (χ0) is 12.8. The largest absolute Gasteiger partial charge is 0.351 e. The predicted octanol–water partition coefficient (Wildman–Crippen LogP) is 1.85. The number of halogens is 1. The summed E-state index contributed by atoms with van der Waals surface area (Å²) in [5.74, 6) is 0.181. The zero-order valence-corrected chi connectivity index (χ0v) is 11.4. The zero-order valence-electron chi connectivity index (χ0n) is 9.85. The van der Waals surface area contributed by atoms with E-state index in [0.29, 0.717) is 5.75 Å². The molecule has 0 saturated carbocycles. The van der Waals surface area contributed by atoms with Gasteiger partial charge < -0.3 is 5.32 Å². The van der Waals surface area contributed by atoms with Crippen molar-refractivity contribution in [2.75, 3.05) is 12.0 Å². The molecule has 0 aliphatic heterocycles. The molecule has 1 amide bonds. The van der Waals surface area contributed by atoms with Crippen LogP contribution in [0.15, 0.2) is 30.3 Å². The van der Waals surface area contributed by atoms with Crippen molar-refractivity contribution in [1.29, 1.82) is 0 Å². The summed E-state index contributed by atoms with van der Waals surface area (Å²) >= 11 is 6.05. The van der Waals surface area contributed by atoms with Crippen molar-refractivity contribution in [3.8, 4) is 0 Å². The highest BCUT2D eigenvalue weighted by Crippen LogP contribution is 2.19. The first-order valence-electron chi connectivity index (χ1n) is 5.30. The summed E-state index contributed by atoms with van der Waals surface area (Å²) in [5, 5.41) is 2.04. The summed E-state index contributed by atoms with van der Waals surface area (Å²) < 4.78 is 11.0. The molecule has 0 radical (unpaired) electrons. The maximum absolute atomic E-state index is 11.8. The normalized spacial score (nSPS) is 15.9. The van der Waals surface area contributed by atoms with Gasteiger partial charge in [-0.3, -0.25) is 9.00 Å². The lowest BCUT2D eigenvalue weighted by molar-refractivity contribution is -0.121. The van der Waals surface area contributed by atoms with Gasteiger partial charge in [0.15, 0.2) is 0 Å². The molecule has 94 valence electrons. The summed E-state index contributed by atoms with van der Waals surface area (Å²) in [5.41, 5.74) is 0.761. The molecule has 3 atom stereocenters. The lowest BCUT2D eigenvalue weighted by Crippen LogP contribution is -2.38. The van der Waals surface area contributed by atoms with Crippen molar-refractivity contribution in [1.82, 2.24) is 5.32 Å². The average molecular weight is 274 g/mol. The van der Waals surface area contributed by atoms with Crippen molar-refractivity contribution in [3.63, 3.8) is 0 Å². The minimum atomic E-state index is -0.928. The van der Waals surface area contributed by atoms with E-state index in [2.05, 4.69) is 5.32 Å². The van der Waals surface area contributed by atoms with Gasteiger partial charge in [0, 0.05) is 28.9 Å². The highest BCUT2D eigenvalue weighted by molar-refractivity contribution is 7.84. The van der Waals surface area contributed by atoms with E-state index in [1.54, 1.807) is 18.4 Å². The first-order chi connectivity index (χ1) is 8.00. The fraction of sp³-hybridized carbons (Fsp3) is 0.417. The molecule has 3 unspecified atom stereocenters. The molecule has 1 N–H and O–H groups in total. The second-order valence-corrected chi connectivity index (χ2v) is 5.84. The Morgan fingerprint density at radius 2 is 2.00 bits per heavy atom. The molecule has 3 nitrogen and oxygen atoms in total. The fourth-order valence-electron chi connectivity index (χ4n) is 1.48. The molecule has 0 heterocycles. The average Bonchev–Trinajstić information content (AvgIpc) is 2.28. The molecule has 0 saturated heterocycles. The van der Waals surface area contributed by atoms with Gasteiger partial charge in [0.2, 0.25) is 5.91 Å². The lowest BCUT2D eigenvalue weighted by Gasteiger charge is -2.15. The molecule has 5 heteroatoms. The number of nitrogens with one attached hydrogen (secondary N) is 1. The van der Waals surface area contributed by atoms with E-state index in [1.165, 1.54) is 0 Å². The highest BCUT2D eigenvalue weighted by Gasteiger charge is 2.19. The van der Waals surface area contributed by atoms with E-state index in [-0.39, 0.29) is 11.9 Å². The number of carbonyl (C=O) groups is 1. The molecular formula is C12H16ClNO2S. The number of hydrogen-bond acceptors (Lipinski definition) is 2. The van der Waals surface area contributed by atoms with Crippen LogP contribution in [-0.4, -0.2) is 28.2 Å². The molecule has 0 aliphatic rings. The Morgan fingerprint density at radius 1 is 1.41 bits per heavy atom. The quantitative estimate of drug-likeness (QED) is 0.833. The van der Waals surface area contributed by atoms with Gasteiger partial charge in [-0.05, 0) is 12.5 Å². The predicted molar refractivity (Wildman–Crippen MR) is 71.6 cm³/mol. The fourth-order valence-corrected chi connectivity index (χ4v) is 2.48. The molecule has 1 rings (SSSR count). The second kappa shape index (κ2) is 6.77. The van der Waals surface area contributed by atoms with E-state index in [4.69, 9.17) is 11.6 Å². The van der Waals surface area contributed by atoms with Crippen LogP contribution in [0, 0.1) is 0 Å². The molecule has 0 aromatic heterocycles. The molecule has 0 bridgehead atoms. The van der Waals surface area contributed by atoms with Gasteiger partial charge >= 0.3 is 0 Å². The maximum atomic E-state index is 11.8. The van der Waals surface area contributed by atoms with E-state index in [1.807, 2.05) is 25.1 Å². The Labute approximate surface area is 109 Å². The van der Waals surface area contributed by atoms with Crippen LogP contribution in [0.25, 0.3) is 0 Å². The van der Waals surface area contributed by atoms with Crippen LogP contribution in [0.5, 0.6) is 0 Å². The van der Waals surface area contributed by atoms with Gasteiger partial charge in [0.25, 0.3) is 0 Å². The maximum Gasteiger partial charge on any atom is 0.242 e. The monoisotopic (exact) mass is 273 g/mol. The molecular weight excluding hydrogens is 258 g/mol. The van der Waals surface area contributed by atoms with Crippen LogP contribution >= 0.6 is 11.6 Å². The first-order valence-corrected chi connectivity index (χ1v) is 7.46. The standard InChI is InChI=1S/C12H16ClNO2S/c1-9(8-17(2)16)14-12(15)11(13)10-6-4-3-5-7-10/h3-7,9,11H,8H2,1-2H3,(H,14,15). The van der Waals surface area contributed by atoms with Gasteiger partial charge in [-0.1, -0.05) is 30.3 Å². The Bertz CT molecular complexity index is 397. The second-order valence-electron chi connectivity index (χ2n) is 3.92. The number of alkyl halides is 1. The van der Waals surface area contributed by atoms with Gasteiger partial charge in [-0.2, -0.15) is 0 Å². The van der Waals surface area contributed by atoms with Crippen molar-refractivity contribution in [3.05, 3.63) is 35.9 Å². The molecule has 17 heavy (non-hydrogen) atoms. The third-order valence-corrected chi connectivity index (χ3v) is 3.62. The molecule has 0 spiro atoms. The molecule has 0 aliphatic carbocycles.